The van der Waals surface area contributed by atoms with Gasteiger partial charge in [-0.25, -0.2) is 18.2 Å². The molecule has 0 unspecified atom stereocenters. The molecule has 3 N–H and O–H groups in total. The number of sulfonamides is 1. The van der Waals surface area contributed by atoms with Gasteiger partial charge in [0.05, 0.1) is 36.7 Å². The van der Waals surface area contributed by atoms with Crippen LogP contribution in [0.4, 0.5) is 16.2 Å². The van der Waals surface area contributed by atoms with Crippen molar-refractivity contribution in [2.75, 3.05) is 50.8 Å². The highest BCUT2D eigenvalue weighted by molar-refractivity contribution is 7.89. The van der Waals surface area contributed by atoms with Crippen molar-refractivity contribution in [3.8, 4) is 17.2 Å². The first-order chi connectivity index (χ1) is 23.8. The van der Waals surface area contributed by atoms with Crippen LogP contribution in [0.2, 0.25) is 0 Å². The molecule has 3 heterocycles. The number of amides is 3. The van der Waals surface area contributed by atoms with Crippen LogP contribution in [0.1, 0.15) is 50.4 Å². The number of likely N-dealkylation sites (N-methyl/N-ethyl adjacent to an activating group) is 1. The number of imidazole rings is 1. The number of fused-ring (bicyclic) bond motifs is 2. The maximum absolute atomic E-state index is 14.4. The number of anilines is 2. The number of nitrogens with one attached hydrogen (secondary N) is 2. The summed E-state index contributed by atoms with van der Waals surface area (Å²) < 4.78 is 52.7. The van der Waals surface area contributed by atoms with E-state index in [1.807, 2.05) is 13.8 Å². The third kappa shape index (κ3) is 8.85. The largest absolute Gasteiger partial charge is 0.490 e. The van der Waals surface area contributed by atoms with Crippen molar-refractivity contribution in [3.05, 3.63) is 54.5 Å². The molecule has 0 radical (unpaired) electrons. The Balaban J connectivity index is 1.39. The number of nitrogens with zero attached hydrogens (tertiary/aromatic N) is 4. The molecule has 0 fully saturated rings. The lowest BCUT2D eigenvalue weighted by Gasteiger charge is -2.35. The van der Waals surface area contributed by atoms with E-state index in [1.54, 1.807) is 54.9 Å². The molecule has 2 aliphatic rings. The maximum atomic E-state index is 14.4. The maximum Gasteiger partial charge on any atom is 0.323 e. The second-order valence-electron chi connectivity index (χ2n) is 12.8. The van der Waals surface area contributed by atoms with Gasteiger partial charge in [-0.3, -0.25) is 4.79 Å². The van der Waals surface area contributed by atoms with E-state index < -0.39 is 34.1 Å². The summed E-state index contributed by atoms with van der Waals surface area (Å²) in [6, 6.07) is 8.76. The molecule has 0 bridgehead atoms. The molecule has 3 aromatic rings. The second-order valence-corrected chi connectivity index (χ2v) is 14.8. The van der Waals surface area contributed by atoms with Crippen molar-refractivity contribution >= 4 is 33.3 Å². The molecule has 16 heteroatoms. The predicted octanol–water partition coefficient (Wildman–Crippen LogP) is 3.91. The molecular weight excluding hydrogens is 668 g/mol. The Labute approximate surface area is 292 Å². The quantitative estimate of drug-likeness (QED) is 0.311. The zero-order valence-corrected chi connectivity index (χ0v) is 29.8. The van der Waals surface area contributed by atoms with Crippen LogP contribution in [-0.4, -0.2) is 103 Å². The van der Waals surface area contributed by atoms with Crippen LogP contribution >= 0.6 is 0 Å². The summed E-state index contributed by atoms with van der Waals surface area (Å²) in [6.45, 7) is 5.88. The van der Waals surface area contributed by atoms with Gasteiger partial charge < -0.3 is 44.2 Å². The first-order valence-corrected chi connectivity index (χ1v) is 18.1. The van der Waals surface area contributed by atoms with E-state index >= 15 is 0 Å². The van der Waals surface area contributed by atoms with Gasteiger partial charge in [0.25, 0.3) is 15.9 Å². The van der Waals surface area contributed by atoms with Gasteiger partial charge in [0.15, 0.2) is 16.5 Å². The van der Waals surface area contributed by atoms with Crippen molar-refractivity contribution in [3.63, 3.8) is 0 Å². The van der Waals surface area contributed by atoms with Crippen molar-refractivity contribution in [1.29, 1.82) is 0 Å². The molecule has 4 atom stereocenters. The standard InChI is InChI=1S/C34H46N6O9S/c1-22-16-40(23(2)19-41)33(42)27-14-25(36-34(43)37-26-10-12-29-30(15-26)48-21-47-29)9-11-28(27)49-24(3)8-6-7-13-46-31(22)17-39(5)50(44,45)32-18-38(4)20-35-32/h9-12,14-15,18,20,22-24,31,41H,6-8,13,16-17,19,21H2,1-5H3,(H2,36,37,43)/t22-,23+,24+,31-/m1/s1. The summed E-state index contributed by atoms with van der Waals surface area (Å²) in [7, 11) is -0.720. The number of ether oxygens (including phenoxy) is 4. The van der Waals surface area contributed by atoms with E-state index in [0.29, 0.717) is 41.7 Å². The third-order valence-corrected chi connectivity index (χ3v) is 10.4. The molecule has 3 amide bonds. The van der Waals surface area contributed by atoms with E-state index in [0.717, 1.165) is 12.8 Å². The first-order valence-electron chi connectivity index (χ1n) is 16.6. The zero-order chi connectivity index (χ0) is 36.0. The number of rotatable bonds is 8. The van der Waals surface area contributed by atoms with Gasteiger partial charge in [-0.05, 0) is 63.4 Å². The molecule has 15 nitrogen and oxygen atoms in total. The number of hydrogen-bond acceptors (Lipinski definition) is 10. The van der Waals surface area contributed by atoms with Crippen LogP contribution in [0.5, 0.6) is 17.2 Å². The monoisotopic (exact) mass is 714 g/mol. The minimum absolute atomic E-state index is 0.0261. The number of aryl methyl sites for hydroxylation is 1. The molecule has 272 valence electrons. The number of carbonyl (C=O) groups is 2. The minimum atomic E-state index is -3.90. The first kappa shape index (κ1) is 36.9. The third-order valence-electron chi connectivity index (χ3n) is 8.73. The molecule has 50 heavy (non-hydrogen) atoms. The van der Waals surface area contributed by atoms with Gasteiger partial charge in [-0.2, -0.15) is 4.31 Å². The van der Waals surface area contributed by atoms with Gasteiger partial charge in [-0.15, -0.1) is 0 Å². The fourth-order valence-corrected chi connectivity index (χ4v) is 6.91. The fraction of sp³-hybridized carbons (Fsp3) is 0.500. The zero-order valence-electron chi connectivity index (χ0n) is 29.0. The lowest BCUT2D eigenvalue weighted by Crippen LogP contribution is -2.48. The average Bonchev–Trinajstić information content (AvgIpc) is 3.75. The predicted molar refractivity (Wildman–Crippen MR) is 185 cm³/mol. The highest BCUT2D eigenvalue weighted by atomic mass is 32.2. The summed E-state index contributed by atoms with van der Waals surface area (Å²) >= 11 is 0. The number of carbonyl (C=O) groups excluding carboxylic acids is 2. The van der Waals surface area contributed by atoms with Crippen molar-refractivity contribution in [2.24, 2.45) is 13.0 Å². The molecular formula is C34H46N6O9S. The Morgan fingerprint density at radius 2 is 1.78 bits per heavy atom. The molecule has 2 aliphatic heterocycles. The summed E-state index contributed by atoms with van der Waals surface area (Å²) in [5, 5.41) is 15.7. The SMILES string of the molecule is C[C@@H]1CN([C@@H](C)CO)C(=O)c2cc(NC(=O)Nc3ccc4c(c3)OCO4)ccc2O[C@@H](C)CCCCO[C@@H]1CN(C)S(=O)(=O)c1cn(C)cn1. The van der Waals surface area contributed by atoms with E-state index in [2.05, 4.69) is 15.6 Å². The van der Waals surface area contributed by atoms with Gasteiger partial charge in [0.2, 0.25) is 6.79 Å². The topological polar surface area (TPSA) is 174 Å². The van der Waals surface area contributed by atoms with Crippen LogP contribution < -0.4 is 24.8 Å². The lowest BCUT2D eigenvalue weighted by atomic mass is 10.0. The Morgan fingerprint density at radius 1 is 1.08 bits per heavy atom. The summed E-state index contributed by atoms with van der Waals surface area (Å²) in [5.74, 6) is 0.677. The molecule has 0 spiro atoms. The van der Waals surface area contributed by atoms with Gasteiger partial charge in [0.1, 0.15) is 5.75 Å². The average molecular weight is 715 g/mol. The van der Waals surface area contributed by atoms with Gasteiger partial charge in [0, 0.05) is 63.3 Å². The Hall–Kier alpha value is -4.38. The van der Waals surface area contributed by atoms with E-state index in [9.17, 15) is 23.1 Å². The number of benzene rings is 2. The molecule has 0 saturated heterocycles. The summed E-state index contributed by atoms with van der Waals surface area (Å²) in [6.07, 6.45) is 4.22. The number of aliphatic hydroxyl groups excluding tert-OH is 1. The number of hydrogen-bond donors (Lipinski definition) is 3. The van der Waals surface area contributed by atoms with Gasteiger partial charge >= 0.3 is 6.03 Å². The van der Waals surface area contributed by atoms with Crippen molar-refractivity contribution in [1.82, 2.24) is 18.8 Å². The van der Waals surface area contributed by atoms with Crippen LogP contribution in [0, 0.1) is 5.92 Å². The van der Waals surface area contributed by atoms with E-state index in [4.69, 9.17) is 18.9 Å². The highest BCUT2D eigenvalue weighted by Crippen LogP contribution is 2.34. The van der Waals surface area contributed by atoms with Crippen molar-refractivity contribution < 1.29 is 42.1 Å². The highest BCUT2D eigenvalue weighted by Gasteiger charge is 2.33. The molecule has 0 saturated carbocycles. The smallest absolute Gasteiger partial charge is 0.323 e. The number of urea groups is 1. The van der Waals surface area contributed by atoms with Crippen LogP contribution in [-0.2, 0) is 21.8 Å². The molecule has 2 aromatic carbocycles. The summed E-state index contributed by atoms with van der Waals surface area (Å²) in [4.78, 5) is 32.9. The number of aromatic nitrogens is 2. The number of aliphatic hydroxyl groups is 1. The van der Waals surface area contributed by atoms with Crippen LogP contribution in [0.15, 0.2) is 53.9 Å². The normalized spacial score (nSPS) is 20.8. The molecule has 5 rings (SSSR count). The second kappa shape index (κ2) is 16.1. The molecule has 0 aliphatic carbocycles. The van der Waals surface area contributed by atoms with Crippen molar-refractivity contribution in [2.45, 2.75) is 63.3 Å². The van der Waals surface area contributed by atoms with E-state index in [1.165, 1.54) is 28.8 Å². The Kier molecular flexibility index (Phi) is 11.9. The van der Waals surface area contributed by atoms with Gasteiger partial charge in [-0.1, -0.05) is 6.92 Å². The van der Waals surface area contributed by atoms with Crippen LogP contribution in [0.25, 0.3) is 0 Å². The minimum Gasteiger partial charge on any atom is -0.490 e. The summed E-state index contributed by atoms with van der Waals surface area (Å²) in [5.41, 5.74) is 1.04. The Bertz CT molecular complexity index is 1770. The lowest BCUT2D eigenvalue weighted by molar-refractivity contribution is -0.00835. The van der Waals surface area contributed by atoms with E-state index in [-0.39, 0.29) is 49.1 Å². The Morgan fingerprint density at radius 3 is 2.48 bits per heavy atom. The molecule has 1 aromatic heterocycles. The van der Waals surface area contributed by atoms with Crippen LogP contribution in [0.3, 0.4) is 0 Å². The fourth-order valence-electron chi connectivity index (χ4n) is 5.76.